The lowest BCUT2D eigenvalue weighted by Crippen LogP contribution is -2.44. The van der Waals surface area contributed by atoms with Crippen LogP contribution in [0, 0.1) is 0 Å². The third kappa shape index (κ3) is 8.96. The van der Waals surface area contributed by atoms with Gasteiger partial charge in [-0.25, -0.2) is 14.3 Å². The summed E-state index contributed by atoms with van der Waals surface area (Å²) < 4.78 is 8.39. The van der Waals surface area contributed by atoms with Gasteiger partial charge in [0.25, 0.3) is 11.8 Å². The van der Waals surface area contributed by atoms with Gasteiger partial charge in [-0.2, -0.15) is 9.67 Å². The summed E-state index contributed by atoms with van der Waals surface area (Å²) in [6, 6.07) is 20.2. The maximum Gasteiger partial charge on any atom is 0.372 e. The van der Waals surface area contributed by atoms with Gasteiger partial charge in [-0.3, -0.25) is 9.59 Å². The number of benzene rings is 2. The maximum atomic E-state index is 13.6. The van der Waals surface area contributed by atoms with Crippen LogP contribution in [0.25, 0.3) is 23.0 Å². The fraction of sp³-hybridized carbons (Fsp3) is 0.235. The molecular formula is C34H36N5O6+. The first-order chi connectivity index (χ1) is 21.8. The first-order valence-electron chi connectivity index (χ1n) is 14.7. The smallest absolute Gasteiger partial charge is 0.372 e. The Morgan fingerprint density at radius 1 is 1.00 bits per heavy atom. The maximum absolute atomic E-state index is 13.6. The number of ether oxygens (including phenoxy) is 1. The van der Waals surface area contributed by atoms with Gasteiger partial charge in [0.1, 0.15) is 17.4 Å². The number of esters is 1. The number of amides is 2. The van der Waals surface area contributed by atoms with E-state index >= 15 is 0 Å². The van der Waals surface area contributed by atoms with E-state index in [9.17, 15) is 24.3 Å². The van der Waals surface area contributed by atoms with Gasteiger partial charge < -0.3 is 20.5 Å². The van der Waals surface area contributed by atoms with Crippen molar-refractivity contribution < 1.29 is 33.6 Å². The Labute approximate surface area is 261 Å². The summed E-state index contributed by atoms with van der Waals surface area (Å²) in [6.45, 7) is 3.91. The molecule has 0 fully saturated rings. The number of para-hydroxylation sites is 1. The molecule has 4 aromatic rings. The van der Waals surface area contributed by atoms with E-state index in [1.807, 2.05) is 43.3 Å². The average molecular weight is 611 g/mol. The number of carbonyl (C=O) groups is 4. The number of unbranched alkanes of at least 4 members (excludes halogenated alkanes) is 1. The summed E-state index contributed by atoms with van der Waals surface area (Å²) in [7, 11) is 0. The number of rotatable bonds is 14. The van der Waals surface area contributed by atoms with E-state index in [1.54, 1.807) is 71.2 Å². The van der Waals surface area contributed by atoms with E-state index in [2.05, 4.69) is 10.6 Å². The molecule has 0 radical (unpaired) electrons. The van der Waals surface area contributed by atoms with Gasteiger partial charge in [-0.15, -0.1) is 0 Å². The summed E-state index contributed by atoms with van der Waals surface area (Å²) in [5.41, 5.74) is 2.46. The SMILES string of the molecule is CCCCC(NC(=O)C(=Cc1cn(-c2ccccc2)nc1-c1ccc[n+](CC(=O)OCC)c1)NC(=O)c1ccccc1)C(=O)O. The highest BCUT2D eigenvalue weighted by atomic mass is 16.5. The number of hydrogen-bond donors (Lipinski definition) is 3. The minimum Gasteiger partial charge on any atom is -0.480 e. The highest BCUT2D eigenvalue weighted by molar-refractivity contribution is 6.06. The molecule has 0 spiro atoms. The van der Waals surface area contributed by atoms with E-state index in [-0.39, 0.29) is 25.3 Å². The van der Waals surface area contributed by atoms with Crippen molar-refractivity contribution in [3.8, 4) is 16.9 Å². The van der Waals surface area contributed by atoms with Crippen LogP contribution in [0.1, 0.15) is 49.0 Å². The summed E-state index contributed by atoms with van der Waals surface area (Å²) in [4.78, 5) is 50.9. The summed E-state index contributed by atoms with van der Waals surface area (Å²) in [6.07, 6.45) is 8.23. The van der Waals surface area contributed by atoms with Crippen LogP contribution in [0.2, 0.25) is 0 Å². The van der Waals surface area contributed by atoms with Crippen LogP contribution in [-0.2, 0) is 25.7 Å². The minimum atomic E-state index is -1.17. The van der Waals surface area contributed by atoms with Crippen LogP contribution in [-0.4, -0.2) is 51.3 Å². The number of carboxylic acid groups (broad SMARTS) is 1. The Balaban J connectivity index is 1.81. The molecule has 2 aromatic carbocycles. The Hall–Kier alpha value is -5.58. The normalized spacial score (nSPS) is 11.8. The Morgan fingerprint density at radius 2 is 1.71 bits per heavy atom. The monoisotopic (exact) mass is 610 g/mol. The Morgan fingerprint density at radius 3 is 2.38 bits per heavy atom. The van der Waals surface area contributed by atoms with Crippen molar-refractivity contribution in [2.45, 2.75) is 45.7 Å². The van der Waals surface area contributed by atoms with E-state index in [4.69, 9.17) is 9.84 Å². The molecule has 2 heterocycles. The summed E-state index contributed by atoms with van der Waals surface area (Å²) >= 11 is 0. The van der Waals surface area contributed by atoms with E-state index in [0.717, 1.165) is 12.1 Å². The van der Waals surface area contributed by atoms with Crippen molar-refractivity contribution >= 4 is 29.8 Å². The summed E-state index contributed by atoms with van der Waals surface area (Å²) in [5, 5.41) is 19.8. The number of carbonyl (C=O) groups excluding carboxylic acids is 3. The fourth-order valence-corrected chi connectivity index (χ4v) is 4.55. The van der Waals surface area contributed by atoms with Crippen molar-refractivity contribution in [1.29, 1.82) is 0 Å². The summed E-state index contributed by atoms with van der Waals surface area (Å²) in [5.74, 6) is -2.86. The third-order valence-electron chi connectivity index (χ3n) is 6.79. The number of pyridine rings is 1. The van der Waals surface area contributed by atoms with Gasteiger partial charge in [0.15, 0.2) is 12.4 Å². The van der Waals surface area contributed by atoms with Crippen LogP contribution in [0.3, 0.4) is 0 Å². The average Bonchev–Trinajstić information content (AvgIpc) is 3.47. The molecule has 1 atom stereocenters. The lowest BCUT2D eigenvalue weighted by molar-refractivity contribution is -0.685. The van der Waals surface area contributed by atoms with Gasteiger partial charge >= 0.3 is 11.9 Å². The lowest BCUT2D eigenvalue weighted by atomic mass is 10.1. The highest BCUT2D eigenvalue weighted by Gasteiger charge is 2.24. The molecule has 0 saturated carbocycles. The Kier molecular flexibility index (Phi) is 11.3. The molecule has 0 aliphatic rings. The second-order valence-corrected chi connectivity index (χ2v) is 10.2. The molecule has 0 bridgehead atoms. The van der Waals surface area contributed by atoms with Crippen LogP contribution in [0.15, 0.2) is 97.1 Å². The topological polar surface area (TPSA) is 144 Å². The van der Waals surface area contributed by atoms with Crippen molar-refractivity contribution in [2.75, 3.05) is 6.61 Å². The second kappa shape index (κ2) is 15.8. The molecule has 2 amide bonds. The van der Waals surface area contributed by atoms with E-state index in [0.29, 0.717) is 28.8 Å². The molecule has 0 aliphatic heterocycles. The zero-order valence-corrected chi connectivity index (χ0v) is 25.2. The number of nitrogens with zero attached hydrogens (tertiary/aromatic N) is 3. The van der Waals surface area contributed by atoms with Crippen molar-refractivity contribution in [3.05, 3.63) is 108 Å². The van der Waals surface area contributed by atoms with Gasteiger partial charge in [0.2, 0.25) is 6.54 Å². The lowest BCUT2D eigenvalue weighted by Gasteiger charge is -2.16. The molecule has 45 heavy (non-hydrogen) atoms. The largest absolute Gasteiger partial charge is 0.480 e. The standard InChI is InChI=1S/C34H35N5O6/c1-3-5-18-28(34(43)44)35-33(42)29(36-32(41)24-13-8-6-9-14-24)20-26-22-39(27-16-10-7-11-17-27)37-31(26)25-15-12-19-38(21-25)23-30(40)45-4-2/h6-17,19-22,28H,3-5,18,23H2,1-2H3,(H2-,35,36,41,42,43,44)/p+1. The molecule has 0 aliphatic carbocycles. The van der Waals surface area contributed by atoms with Gasteiger partial charge in [0, 0.05) is 23.4 Å². The van der Waals surface area contributed by atoms with Crippen LogP contribution >= 0.6 is 0 Å². The zero-order chi connectivity index (χ0) is 32.2. The van der Waals surface area contributed by atoms with Crippen LogP contribution in [0.4, 0.5) is 0 Å². The third-order valence-corrected chi connectivity index (χ3v) is 6.79. The highest BCUT2D eigenvalue weighted by Crippen LogP contribution is 2.25. The van der Waals surface area contributed by atoms with Gasteiger partial charge in [0.05, 0.1) is 17.9 Å². The van der Waals surface area contributed by atoms with E-state index in [1.165, 1.54) is 6.08 Å². The molecule has 232 valence electrons. The minimum absolute atomic E-state index is 0.0125. The number of nitrogens with one attached hydrogen (secondary N) is 2. The Bertz CT molecular complexity index is 1670. The molecule has 4 rings (SSSR count). The molecule has 0 saturated heterocycles. The quantitative estimate of drug-likeness (QED) is 0.112. The second-order valence-electron chi connectivity index (χ2n) is 10.2. The number of hydrogen-bond acceptors (Lipinski definition) is 6. The van der Waals surface area contributed by atoms with Crippen molar-refractivity contribution in [3.63, 3.8) is 0 Å². The van der Waals surface area contributed by atoms with E-state index < -0.39 is 29.8 Å². The molecule has 1 unspecified atom stereocenters. The molecule has 11 nitrogen and oxygen atoms in total. The predicted molar refractivity (Wildman–Crippen MR) is 167 cm³/mol. The molecule has 2 aromatic heterocycles. The van der Waals surface area contributed by atoms with Gasteiger partial charge in [-0.05, 0) is 49.8 Å². The zero-order valence-electron chi connectivity index (χ0n) is 25.2. The fourth-order valence-electron chi connectivity index (χ4n) is 4.55. The van der Waals surface area contributed by atoms with Gasteiger partial charge in [-0.1, -0.05) is 56.2 Å². The molecular weight excluding hydrogens is 574 g/mol. The predicted octanol–water partition coefficient (Wildman–Crippen LogP) is 3.92. The van der Waals surface area contributed by atoms with Crippen molar-refractivity contribution in [2.24, 2.45) is 0 Å². The van der Waals surface area contributed by atoms with Crippen LogP contribution < -0.4 is 15.2 Å². The number of aliphatic carboxylic acids is 1. The first kappa shape index (κ1) is 32.3. The molecule has 3 N–H and O–H groups in total. The number of aromatic nitrogens is 3. The first-order valence-corrected chi connectivity index (χ1v) is 14.7. The number of carboxylic acids is 1. The van der Waals surface area contributed by atoms with Crippen molar-refractivity contribution in [1.82, 2.24) is 20.4 Å². The molecule has 11 heteroatoms. The van der Waals surface area contributed by atoms with Crippen LogP contribution in [0.5, 0.6) is 0 Å².